The molecule has 0 aromatic carbocycles. The molecule has 2 aromatic rings. The highest BCUT2D eigenvalue weighted by Gasteiger charge is 2.14. The van der Waals surface area contributed by atoms with Crippen molar-refractivity contribution in [3.8, 4) is 0 Å². The van der Waals surface area contributed by atoms with Crippen molar-refractivity contribution >= 4 is 23.2 Å². The zero-order chi connectivity index (χ0) is 13.1. The van der Waals surface area contributed by atoms with Gasteiger partial charge >= 0.3 is 0 Å². The summed E-state index contributed by atoms with van der Waals surface area (Å²) in [6, 6.07) is 5.03. The Morgan fingerprint density at radius 2 is 2.22 bits per heavy atom. The number of anilines is 1. The van der Waals surface area contributed by atoms with Crippen LogP contribution in [-0.4, -0.2) is 10.9 Å². The fourth-order valence-corrected chi connectivity index (χ4v) is 1.86. The number of amides is 1. The molecule has 1 amide bonds. The Kier molecular flexibility index (Phi) is 3.67. The van der Waals surface area contributed by atoms with Crippen LogP contribution in [0.25, 0.3) is 0 Å². The molecule has 94 valence electrons. The highest BCUT2D eigenvalue weighted by Crippen LogP contribution is 2.18. The molecular formula is C13H13ClN2O2. The maximum absolute atomic E-state index is 12.1. The Bertz CT molecular complexity index is 578. The average Bonchev–Trinajstić information content (AvgIpc) is 2.81. The monoisotopic (exact) mass is 264 g/mol. The van der Waals surface area contributed by atoms with Crippen LogP contribution in [0.1, 0.15) is 28.7 Å². The minimum atomic E-state index is -0.201. The zero-order valence-corrected chi connectivity index (χ0v) is 10.9. The molecule has 0 bridgehead atoms. The van der Waals surface area contributed by atoms with E-state index >= 15 is 0 Å². The molecule has 4 nitrogen and oxygen atoms in total. The third-order valence-electron chi connectivity index (χ3n) is 2.61. The normalized spacial score (nSPS) is 10.4. The topological polar surface area (TPSA) is 55.1 Å². The number of halogens is 1. The number of aromatic nitrogens is 1. The quantitative estimate of drug-likeness (QED) is 0.864. The van der Waals surface area contributed by atoms with Gasteiger partial charge in [-0.05, 0) is 25.1 Å². The number of nitrogens with one attached hydrogen (secondary N) is 1. The number of aryl methyl sites for hydroxylation is 2. The van der Waals surface area contributed by atoms with Gasteiger partial charge in [0.25, 0.3) is 5.91 Å². The first-order valence-corrected chi connectivity index (χ1v) is 6.00. The molecule has 0 fully saturated rings. The second-order valence-corrected chi connectivity index (χ2v) is 4.22. The largest absolute Gasteiger partial charge is 0.469 e. The standard InChI is InChI=1S/C13H13ClN2O2/c1-3-11-9(6-7-18-11)13(17)16-10-4-5-12(14)15-8(10)2/h4-7H,3H2,1-2H3,(H,16,17). The van der Waals surface area contributed by atoms with Crippen molar-refractivity contribution in [3.05, 3.63) is 46.6 Å². The van der Waals surface area contributed by atoms with Crippen molar-refractivity contribution in [2.45, 2.75) is 20.3 Å². The fraction of sp³-hybridized carbons (Fsp3) is 0.231. The van der Waals surface area contributed by atoms with Crippen LogP contribution in [0, 0.1) is 6.92 Å². The van der Waals surface area contributed by atoms with Gasteiger partial charge in [0.2, 0.25) is 0 Å². The molecule has 2 rings (SSSR count). The van der Waals surface area contributed by atoms with Gasteiger partial charge in [-0.15, -0.1) is 0 Å². The van der Waals surface area contributed by atoms with E-state index in [9.17, 15) is 4.79 Å². The van der Waals surface area contributed by atoms with Crippen LogP contribution >= 0.6 is 11.6 Å². The minimum absolute atomic E-state index is 0.201. The van der Waals surface area contributed by atoms with Crippen molar-refractivity contribution in [2.24, 2.45) is 0 Å². The SMILES string of the molecule is CCc1occc1C(=O)Nc1ccc(Cl)nc1C. The predicted molar refractivity (Wildman–Crippen MR) is 70.0 cm³/mol. The number of rotatable bonds is 3. The Morgan fingerprint density at radius 3 is 2.89 bits per heavy atom. The van der Waals surface area contributed by atoms with E-state index in [0.717, 1.165) is 0 Å². The average molecular weight is 265 g/mol. The van der Waals surface area contributed by atoms with E-state index < -0.39 is 0 Å². The molecule has 0 saturated carbocycles. The van der Waals surface area contributed by atoms with Gasteiger partial charge in [0.1, 0.15) is 10.9 Å². The van der Waals surface area contributed by atoms with Crippen LogP contribution in [0.3, 0.4) is 0 Å². The predicted octanol–water partition coefficient (Wildman–Crippen LogP) is 3.45. The zero-order valence-electron chi connectivity index (χ0n) is 10.2. The van der Waals surface area contributed by atoms with Crippen molar-refractivity contribution in [3.63, 3.8) is 0 Å². The molecular weight excluding hydrogens is 252 g/mol. The van der Waals surface area contributed by atoms with Crippen LogP contribution in [0.4, 0.5) is 5.69 Å². The molecule has 0 spiro atoms. The lowest BCUT2D eigenvalue weighted by atomic mass is 10.2. The lowest BCUT2D eigenvalue weighted by molar-refractivity contribution is 0.102. The number of carbonyl (C=O) groups is 1. The van der Waals surface area contributed by atoms with Gasteiger partial charge in [0, 0.05) is 6.42 Å². The van der Waals surface area contributed by atoms with Gasteiger partial charge in [-0.25, -0.2) is 4.98 Å². The second-order valence-electron chi connectivity index (χ2n) is 3.83. The highest BCUT2D eigenvalue weighted by atomic mass is 35.5. The third kappa shape index (κ3) is 2.54. The van der Waals surface area contributed by atoms with E-state index in [1.807, 2.05) is 6.92 Å². The highest BCUT2D eigenvalue weighted by molar-refractivity contribution is 6.29. The van der Waals surface area contributed by atoms with E-state index in [-0.39, 0.29) is 5.91 Å². The first-order valence-electron chi connectivity index (χ1n) is 5.62. The summed E-state index contributed by atoms with van der Waals surface area (Å²) in [5, 5.41) is 3.20. The summed E-state index contributed by atoms with van der Waals surface area (Å²) in [7, 11) is 0. The summed E-state index contributed by atoms with van der Waals surface area (Å²) in [6.07, 6.45) is 2.19. The molecule has 0 radical (unpaired) electrons. The molecule has 2 aromatic heterocycles. The summed E-state index contributed by atoms with van der Waals surface area (Å²) >= 11 is 5.76. The number of hydrogen-bond donors (Lipinski definition) is 1. The minimum Gasteiger partial charge on any atom is -0.469 e. The molecule has 0 unspecified atom stereocenters. The maximum atomic E-state index is 12.1. The van der Waals surface area contributed by atoms with E-state index in [1.54, 1.807) is 25.1 Å². The smallest absolute Gasteiger partial charge is 0.259 e. The number of furan rings is 1. The third-order valence-corrected chi connectivity index (χ3v) is 2.82. The first-order chi connectivity index (χ1) is 8.61. The van der Waals surface area contributed by atoms with Crippen molar-refractivity contribution < 1.29 is 9.21 Å². The Morgan fingerprint density at radius 1 is 1.44 bits per heavy atom. The van der Waals surface area contributed by atoms with Crippen LogP contribution in [0.15, 0.2) is 28.9 Å². The van der Waals surface area contributed by atoms with Gasteiger partial charge in [0.15, 0.2) is 0 Å². The molecule has 0 aliphatic carbocycles. The molecule has 18 heavy (non-hydrogen) atoms. The molecule has 0 aliphatic rings. The fourth-order valence-electron chi connectivity index (χ4n) is 1.67. The van der Waals surface area contributed by atoms with Crippen LogP contribution in [-0.2, 0) is 6.42 Å². The molecule has 2 heterocycles. The summed E-state index contributed by atoms with van der Waals surface area (Å²) in [5.74, 6) is 0.472. The summed E-state index contributed by atoms with van der Waals surface area (Å²) in [6.45, 7) is 3.72. The van der Waals surface area contributed by atoms with Gasteiger partial charge in [-0.3, -0.25) is 4.79 Å². The van der Waals surface area contributed by atoms with E-state index in [1.165, 1.54) is 6.26 Å². The van der Waals surface area contributed by atoms with Gasteiger partial charge in [0.05, 0.1) is 23.2 Å². The molecule has 0 aliphatic heterocycles. The van der Waals surface area contributed by atoms with Crippen LogP contribution < -0.4 is 5.32 Å². The number of pyridine rings is 1. The Hall–Kier alpha value is -1.81. The van der Waals surface area contributed by atoms with Crippen molar-refractivity contribution in [1.29, 1.82) is 0 Å². The van der Waals surface area contributed by atoms with Gasteiger partial charge in [-0.1, -0.05) is 18.5 Å². The van der Waals surface area contributed by atoms with Crippen molar-refractivity contribution in [2.75, 3.05) is 5.32 Å². The second kappa shape index (κ2) is 5.23. The summed E-state index contributed by atoms with van der Waals surface area (Å²) in [4.78, 5) is 16.1. The number of carbonyl (C=O) groups excluding carboxylic acids is 1. The summed E-state index contributed by atoms with van der Waals surface area (Å²) < 4.78 is 5.22. The number of hydrogen-bond acceptors (Lipinski definition) is 3. The molecule has 1 N–H and O–H groups in total. The molecule has 0 atom stereocenters. The van der Waals surface area contributed by atoms with Crippen LogP contribution in [0.2, 0.25) is 5.15 Å². The van der Waals surface area contributed by atoms with Crippen molar-refractivity contribution in [1.82, 2.24) is 4.98 Å². The molecule has 5 heteroatoms. The van der Waals surface area contributed by atoms with E-state index in [0.29, 0.717) is 34.3 Å². The van der Waals surface area contributed by atoms with Crippen LogP contribution in [0.5, 0.6) is 0 Å². The Balaban J connectivity index is 2.21. The van der Waals surface area contributed by atoms with Gasteiger partial charge in [-0.2, -0.15) is 0 Å². The summed E-state index contributed by atoms with van der Waals surface area (Å²) in [5.41, 5.74) is 1.87. The van der Waals surface area contributed by atoms with E-state index in [2.05, 4.69) is 10.3 Å². The first kappa shape index (κ1) is 12.6. The number of nitrogens with zero attached hydrogens (tertiary/aromatic N) is 1. The van der Waals surface area contributed by atoms with Gasteiger partial charge < -0.3 is 9.73 Å². The lowest BCUT2D eigenvalue weighted by Crippen LogP contribution is -2.14. The lowest BCUT2D eigenvalue weighted by Gasteiger charge is -2.07. The Labute approximate surface area is 110 Å². The van der Waals surface area contributed by atoms with E-state index in [4.69, 9.17) is 16.0 Å². The maximum Gasteiger partial charge on any atom is 0.259 e. The molecule has 0 saturated heterocycles.